The van der Waals surface area contributed by atoms with E-state index in [2.05, 4.69) is 4.98 Å². The molecule has 2 N–H and O–H groups in total. The number of ether oxygens (including phenoxy) is 1. The zero-order chi connectivity index (χ0) is 21.4. The van der Waals surface area contributed by atoms with Crippen molar-refractivity contribution < 1.29 is 28.5 Å². The van der Waals surface area contributed by atoms with Crippen LogP contribution >= 0.6 is 0 Å². The average Bonchev–Trinajstić information content (AvgIpc) is 2.74. The molecule has 8 nitrogen and oxygen atoms in total. The molecule has 10 heteroatoms. The van der Waals surface area contributed by atoms with Crippen molar-refractivity contribution in [2.24, 2.45) is 0 Å². The second-order valence-electron chi connectivity index (χ2n) is 6.79. The van der Waals surface area contributed by atoms with Gasteiger partial charge in [-0.15, -0.1) is 0 Å². The van der Waals surface area contributed by atoms with Crippen LogP contribution in [0.5, 0.6) is 0 Å². The summed E-state index contributed by atoms with van der Waals surface area (Å²) in [7, 11) is 0. The van der Waals surface area contributed by atoms with E-state index in [1.54, 1.807) is 4.90 Å². The number of anilines is 1. The monoisotopic (exact) mass is 417 g/mol. The highest BCUT2D eigenvalue weighted by Crippen LogP contribution is 2.24. The summed E-state index contributed by atoms with van der Waals surface area (Å²) >= 11 is 0. The molecule has 156 valence electrons. The minimum atomic E-state index is -1.48. The topological polar surface area (TPSA) is 105 Å². The van der Waals surface area contributed by atoms with Gasteiger partial charge in [-0.3, -0.25) is 9.36 Å². The Morgan fingerprint density at radius 3 is 2.77 bits per heavy atom. The summed E-state index contributed by atoms with van der Waals surface area (Å²) in [5.41, 5.74) is -1.48. The van der Waals surface area contributed by atoms with E-state index in [1.165, 1.54) is 12.1 Å². The summed E-state index contributed by atoms with van der Waals surface area (Å²) in [5.74, 6) is -2.81. The van der Waals surface area contributed by atoms with Gasteiger partial charge >= 0.3 is 5.97 Å². The van der Waals surface area contributed by atoms with Gasteiger partial charge in [0.25, 0.3) is 0 Å². The molecule has 30 heavy (non-hydrogen) atoms. The number of nitrogens with zero attached hydrogens (tertiary/aromatic N) is 3. The first-order chi connectivity index (χ1) is 14.4. The highest BCUT2D eigenvalue weighted by molar-refractivity contribution is 5.92. The van der Waals surface area contributed by atoms with Gasteiger partial charge in [0.1, 0.15) is 23.0 Å². The SMILES string of the molecule is O=C(O)c1cn(-c2ccc(F)cc2F)c2nc(N3CCOCC3CO)ccc2c1=O. The fourth-order valence-electron chi connectivity index (χ4n) is 3.47. The first kappa shape index (κ1) is 19.9. The summed E-state index contributed by atoms with van der Waals surface area (Å²) in [6, 6.07) is 5.41. The Hall–Kier alpha value is -3.37. The summed E-state index contributed by atoms with van der Waals surface area (Å²) in [6.45, 7) is 0.949. The lowest BCUT2D eigenvalue weighted by atomic mass is 10.1. The molecule has 0 amide bonds. The van der Waals surface area contributed by atoms with Gasteiger partial charge in [-0.25, -0.2) is 18.6 Å². The Kier molecular flexibility index (Phi) is 5.18. The van der Waals surface area contributed by atoms with Crippen molar-refractivity contribution in [3.63, 3.8) is 0 Å². The van der Waals surface area contributed by atoms with E-state index >= 15 is 0 Å². The molecule has 0 saturated carbocycles. The molecule has 1 fully saturated rings. The van der Waals surface area contributed by atoms with Crippen LogP contribution in [0.25, 0.3) is 16.7 Å². The molecule has 3 aromatic rings. The smallest absolute Gasteiger partial charge is 0.341 e. The van der Waals surface area contributed by atoms with Gasteiger partial charge in [0.05, 0.1) is 36.9 Å². The van der Waals surface area contributed by atoms with E-state index in [1.807, 2.05) is 0 Å². The molecule has 2 aromatic heterocycles. The van der Waals surface area contributed by atoms with Crippen LogP contribution in [0.15, 0.2) is 41.3 Å². The molecule has 1 aliphatic rings. The number of benzene rings is 1. The van der Waals surface area contributed by atoms with Crippen molar-refractivity contribution in [3.8, 4) is 5.69 Å². The number of aromatic nitrogens is 2. The van der Waals surface area contributed by atoms with E-state index in [0.717, 1.165) is 22.9 Å². The van der Waals surface area contributed by atoms with Gasteiger partial charge in [0.15, 0.2) is 5.65 Å². The van der Waals surface area contributed by atoms with Crippen LogP contribution in [0, 0.1) is 11.6 Å². The summed E-state index contributed by atoms with van der Waals surface area (Å²) < 4.78 is 34.4. The molecule has 1 atom stereocenters. The molecule has 3 heterocycles. The Labute approximate surface area is 168 Å². The molecule has 1 saturated heterocycles. The number of halogens is 2. The molecule has 1 aliphatic heterocycles. The van der Waals surface area contributed by atoms with Crippen LogP contribution in [0.3, 0.4) is 0 Å². The zero-order valence-corrected chi connectivity index (χ0v) is 15.6. The van der Waals surface area contributed by atoms with E-state index in [0.29, 0.717) is 25.0 Å². The zero-order valence-electron chi connectivity index (χ0n) is 15.6. The van der Waals surface area contributed by atoms with Gasteiger partial charge in [-0.1, -0.05) is 0 Å². The number of morpholine rings is 1. The fraction of sp³-hybridized carbons (Fsp3) is 0.250. The maximum atomic E-state index is 14.5. The van der Waals surface area contributed by atoms with E-state index in [-0.39, 0.29) is 36.0 Å². The predicted molar refractivity (Wildman–Crippen MR) is 103 cm³/mol. The van der Waals surface area contributed by atoms with Gasteiger partial charge < -0.3 is 19.8 Å². The molecular weight excluding hydrogens is 400 g/mol. The number of fused-ring (bicyclic) bond motifs is 1. The number of carboxylic acid groups (broad SMARTS) is 1. The maximum absolute atomic E-state index is 14.5. The number of carboxylic acids is 1. The summed E-state index contributed by atoms with van der Waals surface area (Å²) in [6.07, 6.45) is 0.975. The second kappa shape index (κ2) is 7.81. The third-order valence-corrected chi connectivity index (χ3v) is 4.97. The number of rotatable bonds is 4. The minimum Gasteiger partial charge on any atom is -0.477 e. The van der Waals surface area contributed by atoms with Crippen LogP contribution in [-0.4, -0.2) is 58.1 Å². The van der Waals surface area contributed by atoms with Gasteiger partial charge in [0.2, 0.25) is 5.43 Å². The Morgan fingerprint density at radius 2 is 2.07 bits per heavy atom. The van der Waals surface area contributed by atoms with E-state index < -0.39 is 28.6 Å². The quantitative estimate of drug-likeness (QED) is 0.664. The third-order valence-electron chi connectivity index (χ3n) is 4.97. The van der Waals surface area contributed by atoms with Crippen molar-refractivity contribution in [3.05, 3.63) is 63.9 Å². The average molecular weight is 417 g/mol. The second-order valence-corrected chi connectivity index (χ2v) is 6.79. The van der Waals surface area contributed by atoms with Crippen LogP contribution in [0.2, 0.25) is 0 Å². The highest BCUT2D eigenvalue weighted by atomic mass is 19.1. The van der Waals surface area contributed by atoms with Crippen molar-refractivity contribution >= 4 is 22.8 Å². The predicted octanol–water partition coefficient (Wildman–Crippen LogP) is 1.56. The number of carbonyl (C=O) groups is 1. The molecule has 4 rings (SSSR count). The van der Waals surface area contributed by atoms with Gasteiger partial charge in [-0.05, 0) is 24.3 Å². The third kappa shape index (κ3) is 3.40. The van der Waals surface area contributed by atoms with E-state index in [4.69, 9.17) is 4.74 Å². The first-order valence-electron chi connectivity index (χ1n) is 9.11. The van der Waals surface area contributed by atoms with Crippen LogP contribution < -0.4 is 10.3 Å². The van der Waals surface area contributed by atoms with Gasteiger partial charge in [0, 0.05) is 18.8 Å². The fourth-order valence-corrected chi connectivity index (χ4v) is 3.47. The lowest BCUT2D eigenvalue weighted by Gasteiger charge is -2.35. The van der Waals surface area contributed by atoms with Crippen LogP contribution in [-0.2, 0) is 4.74 Å². The Bertz CT molecular complexity index is 1200. The lowest BCUT2D eigenvalue weighted by molar-refractivity contribution is 0.0694. The number of aromatic carboxylic acids is 1. The Morgan fingerprint density at radius 1 is 1.27 bits per heavy atom. The Balaban J connectivity index is 1.99. The number of hydrogen-bond acceptors (Lipinski definition) is 6. The van der Waals surface area contributed by atoms with Gasteiger partial charge in [-0.2, -0.15) is 0 Å². The summed E-state index contributed by atoms with van der Waals surface area (Å²) in [5, 5.41) is 19.0. The largest absolute Gasteiger partial charge is 0.477 e. The minimum absolute atomic E-state index is 0.0104. The standard InChI is InChI=1S/C20H17F2N3O5/c21-11-1-3-16(15(22)7-11)25-8-14(20(28)29)18(27)13-2-4-17(23-19(13)25)24-5-6-30-10-12(24)9-26/h1-4,7-8,12,26H,5-6,9-10H2,(H,28,29). The van der Waals surface area contributed by atoms with Crippen LogP contribution in [0.4, 0.5) is 14.6 Å². The first-order valence-corrected chi connectivity index (χ1v) is 9.11. The van der Waals surface area contributed by atoms with E-state index in [9.17, 15) is 28.6 Å². The van der Waals surface area contributed by atoms with Crippen molar-refractivity contribution in [1.29, 1.82) is 0 Å². The van der Waals surface area contributed by atoms with Crippen LogP contribution in [0.1, 0.15) is 10.4 Å². The molecule has 1 unspecified atom stereocenters. The lowest BCUT2D eigenvalue weighted by Crippen LogP contribution is -2.48. The molecule has 0 aliphatic carbocycles. The molecule has 0 radical (unpaired) electrons. The molecule has 1 aromatic carbocycles. The highest BCUT2D eigenvalue weighted by Gasteiger charge is 2.25. The number of hydrogen-bond donors (Lipinski definition) is 2. The molecular formula is C20H17F2N3O5. The van der Waals surface area contributed by atoms with Crippen molar-refractivity contribution in [2.75, 3.05) is 31.3 Å². The molecule has 0 bridgehead atoms. The number of aliphatic hydroxyl groups excluding tert-OH is 1. The number of aliphatic hydroxyl groups is 1. The maximum Gasteiger partial charge on any atom is 0.341 e. The van der Waals surface area contributed by atoms with Crippen molar-refractivity contribution in [2.45, 2.75) is 6.04 Å². The normalized spacial score (nSPS) is 16.8. The molecule has 0 spiro atoms. The van der Waals surface area contributed by atoms with Crippen molar-refractivity contribution in [1.82, 2.24) is 9.55 Å². The number of pyridine rings is 2. The summed E-state index contributed by atoms with van der Waals surface area (Å²) in [4.78, 5) is 30.4.